The summed E-state index contributed by atoms with van der Waals surface area (Å²) in [6.07, 6.45) is 23.5. The van der Waals surface area contributed by atoms with Gasteiger partial charge in [-0.3, -0.25) is 39.0 Å². The number of halogens is 3. The lowest BCUT2D eigenvalue weighted by atomic mass is 10.0. The lowest BCUT2D eigenvalue weighted by Crippen LogP contribution is -2.37. The van der Waals surface area contributed by atoms with Gasteiger partial charge in [-0.2, -0.15) is 10.2 Å². The van der Waals surface area contributed by atoms with Crippen LogP contribution in [0.25, 0.3) is 110 Å². The van der Waals surface area contributed by atoms with Gasteiger partial charge < -0.3 is 43.6 Å². The van der Waals surface area contributed by atoms with Crippen molar-refractivity contribution in [1.82, 2.24) is 74.7 Å². The number of ether oxygens (including phenoxy) is 5. The van der Waals surface area contributed by atoms with Gasteiger partial charge in [0.05, 0.1) is 78.4 Å². The number of aromatic nitrogens is 13. The Morgan fingerprint density at radius 2 is 0.813 bits per heavy atom. The Bertz CT molecular complexity index is 7020. The number of H-pyrrole nitrogens is 6. The Morgan fingerprint density at radius 1 is 0.418 bits per heavy atom. The van der Waals surface area contributed by atoms with Crippen molar-refractivity contribution < 1.29 is 63.3 Å². The molecular weight excluding hydrogens is 1840 g/mol. The molecule has 0 spiro atoms. The first kappa shape index (κ1) is 97.2. The van der Waals surface area contributed by atoms with Crippen LogP contribution in [0.2, 0.25) is 0 Å². The molecule has 134 heavy (non-hydrogen) atoms. The molecule has 8 N–H and O–H groups in total. The summed E-state index contributed by atoms with van der Waals surface area (Å²) in [6.45, 7) is 16.8. The lowest BCUT2D eigenvalue weighted by molar-refractivity contribution is 0.0971. The molecule has 39 heteroatoms. The third-order valence-electron chi connectivity index (χ3n) is 21.5. The van der Waals surface area contributed by atoms with Crippen molar-refractivity contribution in [3.63, 3.8) is 0 Å². The smallest absolute Gasteiger partial charge is 0.271 e. The highest BCUT2D eigenvalue weighted by Gasteiger charge is 2.39. The Kier molecular flexibility index (Phi) is 32.2. The molecule has 17 rings (SSSR count). The molecule has 10 heterocycles. The molecule has 0 radical (unpaired) electrons. The van der Waals surface area contributed by atoms with E-state index in [4.69, 9.17) is 23.7 Å². The lowest BCUT2D eigenvalue weighted by Gasteiger charge is -2.14. The second-order valence-electron chi connectivity index (χ2n) is 31.9. The van der Waals surface area contributed by atoms with E-state index in [-0.39, 0.29) is 55.9 Å². The highest BCUT2D eigenvalue weighted by molar-refractivity contribution is 7.91. The molecule has 702 valence electrons. The number of aryl methyl sites for hydroxylation is 2. The zero-order chi connectivity index (χ0) is 94.9. The molecule has 14 aromatic rings. The average Bonchev–Trinajstić information content (AvgIpc) is 1.46. The quantitative estimate of drug-likeness (QED) is 0.0168. The number of nitrogens with zero attached hydrogens (tertiary/aromatic N) is 7. The second-order valence-corrected chi connectivity index (χ2v) is 40.0. The van der Waals surface area contributed by atoms with E-state index in [1.807, 2.05) is 80.6 Å². The van der Waals surface area contributed by atoms with Crippen LogP contribution >= 0.6 is 45.3 Å². The molecule has 3 saturated carbocycles. The minimum absolute atomic E-state index is 0.118. The maximum atomic E-state index is 15.0. The van der Waals surface area contributed by atoms with Crippen molar-refractivity contribution in [1.29, 1.82) is 0 Å². The molecule has 0 bridgehead atoms. The first-order valence-corrected chi connectivity index (χ1v) is 50.9. The van der Waals surface area contributed by atoms with Gasteiger partial charge in [0.2, 0.25) is 20.0 Å². The summed E-state index contributed by atoms with van der Waals surface area (Å²) in [5, 5.41) is 14.6. The van der Waals surface area contributed by atoms with Gasteiger partial charge in [0, 0.05) is 112 Å². The zero-order valence-electron chi connectivity index (χ0n) is 74.7. The number of hydrogen-bond acceptors (Lipinski definition) is 26. The van der Waals surface area contributed by atoms with E-state index in [0.29, 0.717) is 135 Å². The van der Waals surface area contributed by atoms with Crippen LogP contribution in [-0.4, -0.2) is 138 Å². The largest absolute Gasteiger partial charge is 0.493 e. The second kappa shape index (κ2) is 44.4. The predicted octanol–water partition coefficient (Wildman–Crippen LogP) is 19.2. The van der Waals surface area contributed by atoms with Crippen LogP contribution in [0, 0.1) is 17.5 Å². The first-order chi connectivity index (χ1) is 64.7. The van der Waals surface area contributed by atoms with Gasteiger partial charge in [-0.05, 0) is 181 Å². The van der Waals surface area contributed by atoms with Crippen LogP contribution in [-0.2, 0) is 32.9 Å². The van der Waals surface area contributed by atoms with Gasteiger partial charge >= 0.3 is 0 Å². The monoisotopic (exact) mass is 1940 g/mol. The van der Waals surface area contributed by atoms with Crippen molar-refractivity contribution >= 4 is 77.2 Å². The number of benzene rings is 4. The molecule has 3 fully saturated rings. The van der Waals surface area contributed by atoms with Crippen LogP contribution in [0.15, 0.2) is 160 Å². The number of sulfonamides is 2. The zero-order valence-corrected chi connectivity index (χ0v) is 79.6. The van der Waals surface area contributed by atoms with E-state index in [2.05, 4.69) is 79.1 Å². The van der Waals surface area contributed by atoms with Crippen LogP contribution in [0.1, 0.15) is 190 Å². The van der Waals surface area contributed by atoms with E-state index in [0.717, 1.165) is 120 Å². The Morgan fingerprint density at radius 3 is 1.21 bits per heavy atom. The maximum Gasteiger partial charge on any atom is 0.271 e. The van der Waals surface area contributed by atoms with Crippen LogP contribution < -0.4 is 55.4 Å². The van der Waals surface area contributed by atoms with Gasteiger partial charge in [-0.1, -0.05) is 67.2 Å². The summed E-state index contributed by atoms with van der Waals surface area (Å²) in [5.74, 6) is 0.611. The third kappa shape index (κ3) is 24.4. The molecule has 4 aromatic carbocycles. The van der Waals surface area contributed by atoms with Crippen LogP contribution in [0.3, 0.4) is 0 Å². The highest BCUT2D eigenvalue weighted by atomic mass is 32.2. The Balaban J connectivity index is 0.000000144. The van der Waals surface area contributed by atoms with E-state index >= 15 is 4.39 Å². The molecule has 0 saturated heterocycles. The SMILES string of the molecule is CCCCOc1ccc(-c2cc(-c3ccc(CC)s3)c(C(=O)NS(C)(=O)=O)c(=O)[nH]2)c(F)c1.CCCCOc1ccc(-c2cc(-c3ncc(C4CC4)s3)c(-c3ncn[nH]3)c(=O)[nH]2)c(OCC)c1.CCCCOc1ccc(-c2cc(-c3ncc(C4CC4)s3)c(C(=O)NS(=O)(=O)C3CC3)c(=O)[nH]2)c(F)c1.CCCCOc1ccc(-c2cc(-c3ncc(CC)s3)c(-c3ncn[nH]3)c(=O)[nH]2)c(F)c1. The number of nitrogens with one attached hydrogen (secondary N) is 8. The maximum absolute atomic E-state index is 15.0. The third-order valence-corrected chi connectivity index (χ3v) is 28.7. The molecule has 0 aliphatic heterocycles. The minimum atomic E-state index is -3.89. The standard InChI is InChI=1S/C25H26FN3O5S2.C25H27N5O3S.C23H25FN2O5S2.C22H22FN5O2S/c1-2-3-10-34-15-6-9-17(19(26)11-15)20-12-18(25-27-13-21(35-25)14-4-5-14)22(23(30)28-20)24(31)29-36(32,33)16-7-8-16;1-3-5-10-33-16-8-9-17(20(11-16)32-4-2)19-12-18(25-26-13-21(34-25)15-6-7-15)22(24(31)29-19)23-27-14-28-30-23;1-4-6-11-31-14-7-9-16(18(24)12-14)19-13-17(20-10-8-15(5-2)32-20)21(22(27)25-19)23(28)26-33(3,29)30;1-3-5-8-30-13-6-7-15(17(23)9-13)18-10-16(22-24-11-14(4-2)31-22)19(21(29)27-18)20-25-12-26-28-20/h6,9,11-14,16H,2-5,7-8,10H2,1H3,(H,28,30)(H,29,31);8-9,11-15H,3-7,10H2,1-2H3,(H,29,31)(H,27,28,30);7-10,12-13H,4-6,11H2,1-3H3,(H,25,27)(H,26,28);6-7,9-12H,3-5,8H2,1-2H3,(H,27,29)(H,25,26,28). The van der Waals surface area contributed by atoms with Crippen LogP contribution in [0.4, 0.5) is 13.2 Å². The topological polar surface area (TPSA) is 426 Å². The summed E-state index contributed by atoms with van der Waals surface area (Å²) < 4.78 is 125. The first-order valence-electron chi connectivity index (χ1n) is 44.2. The summed E-state index contributed by atoms with van der Waals surface area (Å²) in [6, 6.07) is 29.3. The van der Waals surface area contributed by atoms with E-state index in [9.17, 15) is 54.4 Å². The van der Waals surface area contributed by atoms with Crippen molar-refractivity contribution in [3.05, 3.63) is 230 Å². The number of unbranched alkanes of at least 4 members (excludes halogenated alkanes) is 4. The van der Waals surface area contributed by atoms with Crippen LogP contribution in [0.5, 0.6) is 28.7 Å². The summed E-state index contributed by atoms with van der Waals surface area (Å²) >= 11 is 5.84. The number of thiophene rings is 1. The van der Waals surface area contributed by atoms with E-state index < -0.39 is 71.2 Å². The van der Waals surface area contributed by atoms with Gasteiger partial charge in [0.15, 0.2) is 11.6 Å². The van der Waals surface area contributed by atoms with Gasteiger partial charge in [0.25, 0.3) is 34.1 Å². The Labute approximate surface area is 786 Å². The van der Waals surface area contributed by atoms with Crippen molar-refractivity contribution in [2.75, 3.05) is 39.3 Å². The molecule has 0 unspecified atom stereocenters. The molecule has 30 nitrogen and oxygen atoms in total. The Hall–Kier alpha value is -12.8. The predicted molar refractivity (Wildman–Crippen MR) is 514 cm³/mol. The van der Waals surface area contributed by atoms with Gasteiger partial charge in [0.1, 0.15) is 85.0 Å². The van der Waals surface area contributed by atoms with Crippen molar-refractivity contribution in [3.8, 4) is 139 Å². The minimum Gasteiger partial charge on any atom is -0.493 e. The molecule has 3 aliphatic carbocycles. The summed E-state index contributed by atoms with van der Waals surface area (Å²) in [4.78, 5) is 116. The summed E-state index contributed by atoms with van der Waals surface area (Å²) in [5.41, 5.74) is 2.02. The van der Waals surface area contributed by atoms with Gasteiger partial charge in [-0.25, -0.2) is 64.4 Å². The number of rotatable bonds is 37. The van der Waals surface area contributed by atoms with Crippen molar-refractivity contribution in [2.45, 2.75) is 168 Å². The fourth-order valence-electron chi connectivity index (χ4n) is 14.0. The number of carbonyl (C=O) groups is 2. The van der Waals surface area contributed by atoms with E-state index in [1.54, 1.807) is 60.1 Å². The number of hydrogen-bond donors (Lipinski definition) is 8. The molecule has 10 aromatic heterocycles. The molecule has 0 atom stereocenters. The number of amides is 2. The molecule has 3 aliphatic rings. The molecular formula is C95H100F3N15O15S6. The molecule has 2 amide bonds. The van der Waals surface area contributed by atoms with Gasteiger partial charge in [-0.15, -0.1) is 45.3 Å². The fourth-order valence-corrected chi connectivity index (χ4v) is 19.8. The highest BCUT2D eigenvalue weighted by Crippen LogP contribution is 2.48. The number of aromatic amines is 6. The number of carbonyl (C=O) groups excluding carboxylic acids is 2. The summed E-state index contributed by atoms with van der Waals surface area (Å²) in [7, 11) is -7.77. The normalized spacial score (nSPS) is 12.9. The fraction of sp³-hybridized carbons (Fsp3) is 0.337. The number of thiazole rings is 3. The van der Waals surface area contributed by atoms with Crippen molar-refractivity contribution in [2.24, 2.45) is 0 Å². The average molecular weight is 1940 g/mol. The van der Waals surface area contributed by atoms with E-state index in [1.165, 1.54) is 107 Å². The number of pyridine rings is 4.